The van der Waals surface area contributed by atoms with Gasteiger partial charge in [0, 0.05) is 29.7 Å². The monoisotopic (exact) mass is 363 g/mol. The van der Waals surface area contributed by atoms with Gasteiger partial charge in [0.15, 0.2) is 5.82 Å². The first-order valence-corrected chi connectivity index (χ1v) is 8.60. The Morgan fingerprint density at radius 1 is 1.33 bits per heavy atom. The lowest BCUT2D eigenvalue weighted by molar-refractivity contribution is 0.894. The van der Waals surface area contributed by atoms with Gasteiger partial charge in [0.1, 0.15) is 5.82 Å². The van der Waals surface area contributed by atoms with Gasteiger partial charge in [-0.1, -0.05) is 0 Å². The molecule has 0 amide bonds. The molecule has 3 heterocycles. The zero-order chi connectivity index (χ0) is 14.2. The van der Waals surface area contributed by atoms with Crippen LogP contribution in [-0.4, -0.2) is 26.1 Å². The van der Waals surface area contributed by atoms with Crippen LogP contribution in [0.1, 0.15) is 29.5 Å². The summed E-state index contributed by atoms with van der Waals surface area (Å²) >= 11 is 5.25. The summed E-state index contributed by atoms with van der Waals surface area (Å²) in [7, 11) is 0. The maximum Gasteiger partial charge on any atom is 0.203 e. The molecule has 1 aliphatic carbocycles. The highest BCUT2D eigenvalue weighted by atomic mass is 79.9. The molecule has 0 radical (unpaired) electrons. The normalized spacial score (nSPS) is 14.7. The average molecular weight is 364 g/mol. The molecule has 3 aromatic rings. The van der Waals surface area contributed by atoms with Crippen LogP contribution in [0.2, 0.25) is 0 Å². The number of anilines is 1. The fourth-order valence-corrected chi connectivity index (χ4v) is 3.86. The molecule has 108 valence electrons. The molecule has 0 unspecified atom stereocenters. The Balaban J connectivity index is 1.50. The van der Waals surface area contributed by atoms with E-state index in [2.05, 4.69) is 53.0 Å². The number of aromatic nitrogens is 4. The van der Waals surface area contributed by atoms with Crippen molar-refractivity contribution in [2.75, 3.05) is 11.9 Å². The van der Waals surface area contributed by atoms with Crippen LogP contribution in [0.3, 0.4) is 0 Å². The van der Waals surface area contributed by atoms with E-state index in [9.17, 15) is 0 Å². The Hall–Kier alpha value is -1.47. The quantitative estimate of drug-likeness (QED) is 0.753. The molecule has 1 N–H and O–H groups in total. The van der Waals surface area contributed by atoms with Crippen molar-refractivity contribution in [3.05, 3.63) is 39.0 Å². The Bertz CT molecular complexity index is 777. The molecule has 0 aliphatic heterocycles. The minimum atomic E-state index is 0.582. The summed E-state index contributed by atoms with van der Waals surface area (Å²) in [6.07, 6.45) is 7.18. The van der Waals surface area contributed by atoms with Gasteiger partial charge in [-0.15, -0.1) is 21.5 Å². The average Bonchev–Trinajstić information content (AvgIpc) is 3.10. The van der Waals surface area contributed by atoms with Crippen LogP contribution >= 0.6 is 27.3 Å². The standard InChI is InChI=1S/C14H14BrN5S/c15-11-4-3-10(21-11)5-6-16-12-14-19-18-13(9-1-2-9)20(14)8-7-17-12/h3-4,7-9H,1-2,5-6H2,(H,16,17). The molecule has 1 saturated carbocycles. The highest BCUT2D eigenvalue weighted by Crippen LogP contribution is 2.39. The van der Waals surface area contributed by atoms with Gasteiger partial charge in [-0.25, -0.2) is 4.98 Å². The topological polar surface area (TPSA) is 55.1 Å². The number of halogens is 1. The summed E-state index contributed by atoms with van der Waals surface area (Å²) in [5.41, 5.74) is 0.826. The van der Waals surface area contributed by atoms with Gasteiger partial charge in [-0.3, -0.25) is 4.40 Å². The maximum atomic E-state index is 4.40. The Labute approximate surface area is 134 Å². The first-order valence-electron chi connectivity index (χ1n) is 6.99. The molecule has 1 fully saturated rings. The minimum absolute atomic E-state index is 0.582. The highest BCUT2D eigenvalue weighted by Gasteiger charge is 2.29. The summed E-state index contributed by atoms with van der Waals surface area (Å²) < 4.78 is 3.23. The molecule has 0 atom stereocenters. The van der Waals surface area contributed by atoms with Crippen LogP contribution < -0.4 is 5.32 Å². The number of fused-ring (bicyclic) bond motifs is 1. The van der Waals surface area contributed by atoms with E-state index in [1.165, 1.54) is 21.5 Å². The Morgan fingerprint density at radius 2 is 2.24 bits per heavy atom. The van der Waals surface area contributed by atoms with E-state index in [0.29, 0.717) is 5.92 Å². The van der Waals surface area contributed by atoms with E-state index in [4.69, 9.17) is 0 Å². The maximum absolute atomic E-state index is 4.40. The molecule has 0 spiro atoms. The summed E-state index contributed by atoms with van der Waals surface area (Å²) in [4.78, 5) is 5.74. The van der Waals surface area contributed by atoms with Crippen molar-refractivity contribution in [3.63, 3.8) is 0 Å². The third-order valence-corrected chi connectivity index (χ3v) is 5.27. The predicted molar refractivity (Wildman–Crippen MR) is 87.0 cm³/mol. The first kappa shape index (κ1) is 13.2. The lowest BCUT2D eigenvalue weighted by Gasteiger charge is -2.05. The van der Waals surface area contributed by atoms with Crippen LogP contribution in [0.5, 0.6) is 0 Å². The van der Waals surface area contributed by atoms with E-state index >= 15 is 0 Å². The Kier molecular flexibility index (Phi) is 3.39. The number of hydrogen-bond acceptors (Lipinski definition) is 5. The fraction of sp³-hybridized carbons (Fsp3) is 0.357. The second kappa shape index (κ2) is 5.38. The molecular formula is C14H14BrN5S. The van der Waals surface area contributed by atoms with Crippen molar-refractivity contribution in [1.29, 1.82) is 0 Å². The van der Waals surface area contributed by atoms with Crippen molar-refractivity contribution < 1.29 is 0 Å². The van der Waals surface area contributed by atoms with Crippen molar-refractivity contribution in [2.24, 2.45) is 0 Å². The first-order chi connectivity index (χ1) is 10.3. The molecule has 21 heavy (non-hydrogen) atoms. The van der Waals surface area contributed by atoms with Gasteiger partial charge >= 0.3 is 0 Å². The summed E-state index contributed by atoms with van der Waals surface area (Å²) in [5, 5.41) is 12.0. The van der Waals surface area contributed by atoms with Crippen LogP contribution in [-0.2, 0) is 6.42 Å². The summed E-state index contributed by atoms with van der Waals surface area (Å²) in [5.74, 6) is 2.46. The third kappa shape index (κ3) is 2.67. The fourth-order valence-electron chi connectivity index (χ4n) is 2.38. The van der Waals surface area contributed by atoms with Crippen LogP contribution in [0, 0.1) is 0 Å². The second-order valence-electron chi connectivity index (χ2n) is 5.18. The molecule has 5 nitrogen and oxygen atoms in total. The van der Waals surface area contributed by atoms with Gasteiger partial charge in [-0.05, 0) is 47.3 Å². The Morgan fingerprint density at radius 3 is 3.00 bits per heavy atom. The molecular weight excluding hydrogens is 350 g/mol. The molecule has 0 bridgehead atoms. The van der Waals surface area contributed by atoms with Crippen LogP contribution in [0.25, 0.3) is 5.65 Å². The van der Waals surface area contributed by atoms with Crippen molar-refractivity contribution in [2.45, 2.75) is 25.2 Å². The smallest absolute Gasteiger partial charge is 0.203 e. The zero-order valence-electron chi connectivity index (χ0n) is 11.3. The third-order valence-electron chi connectivity index (χ3n) is 3.59. The van der Waals surface area contributed by atoms with Gasteiger partial charge < -0.3 is 5.32 Å². The summed E-state index contributed by atoms with van der Waals surface area (Å²) in [6, 6.07) is 4.23. The molecule has 3 aromatic heterocycles. The lowest BCUT2D eigenvalue weighted by atomic mass is 10.3. The van der Waals surface area contributed by atoms with E-state index in [1.807, 2.05) is 12.4 Å². The van der Waals surface area contributed by atoms with E-state index in [-0.39, 0.29) is 0 Å². The van der Waals surface area contributed by atoms with Crippen LogP contribution in [0.4, 0.5) is 5.82 Å². The van der Waals surface area contributed by atoms with Gasteiger partial charge in [-0.2, -0.15) is 0 Å². The van der Waals surface area contributed by atoms with Crippen molar-refractivity contribution in [1.82, 2.24) is 19.6 Å². The minimum Gasteiger partial charge on any atom is -0.367 e. The SMILES string of the molecule is Brc1ccc(CCNc2nccn3c(C4CC4)nnc23)s1. The van der Waals surface area contributed by atoms with Gasteiger partial charge in [0.2, 0.25) is 5.65 Å². The van der Waals surface area contributed by atoms with E-state index in [1.54, 1.807) is 11.3 Å². The summed E-state index contributed by atoms with van der Waals surface area (Å²) in [6.45, 7) is 0.839. The zero-order valence-corrected chi connectivity index (χ0v) is 13.7. The van der Waals surface area contributed by atoms with Gasteiger partial charge in [0.25, 0.3) is 0 Å². The second-order valence-corrected chi connectivity index (χ2v) is 7.73. The van der Waals surface area contributed by atoms with Crippen LogP contribution in [0.15, 0.2) is 28.3 Å². The van der Waals surface area contributed by atoms with Gasteiger partial charge in [0.05, 0.1) is 3.79 Å². The molecule has 1 aliphatic rings. The predicted octanol–water partition coefficient (Wildman–Crippen LogP) is 3.48. The largest absolute Gasteiger partial charge is 0.367 e. The molecule has 0 aromatic carbocycles. The van der Waals surface area contributed by atoms with E-state index < -0.39 is 0 Å². The molecule has 4 rings (SSSR count). The number of hydrogen-bond donors (Lipinski definition) is 1. The number of rotatable bonds is 5. The van der Waals surface area contributed by atoms with Crippen molar-refractivity contribution in [3.8, 4) is 0 Å². The highest BCUT2D eigenvalue weighted by molar-refractivity contribution is 9.11. The van der Waals surface area contributed by atoms with Crippen molar-refractivity contribution >= 4 is 38.7 Å². The number of thiophene rings is 1. The number of nitrogens with zero attached hydrogens (tertiary/aromatic N) is 4. The number of nitrogens with one attached hydrogen (secondary N) is 1. The molecule has 7 heteroatoms. The van der Waals surface area contributed by atoms with E-state index in [0.717, 1.165) is 30.3 Å². The lowest BCUT2D eigenvalue weighted by Crippen LogP contribution is -2.07. The molecule has 0 saturated heterocycles.